The second-order valence-corrected chi connectivity index (χ2v) is 3.03. The molecule has 1 aliphatic rings. The predicted molar refractivity (Wildman–Crippen MR) is 36.8 cm³/mol. The van der Waals surface area contributed by atoms with Crippen molar-refractivity contribution in [2.24, 2.45) is 5.41 Å². The maximum atomic E-state index is 2.34. The van der Waals surface area contributed by atoms with Crippen LogP contribution in [0.2, 0.25) is 0 Å². The van der Waals surface area contributed by atoms with Gasteiger partial charge < -0.3 is 0 Å². The third-order valence-electron chi connectivity index (χ3n) is 2.39. The van der Waals surface area contributed by atoms with Crippen molar-refractivity contribution in [3.05, 3.63) is 11.6 Å². The zero-order valence-corrected chi connectivity index (χ0v) is 5.99. The molecule has 0 radical (unpaired) electrons. The summed E-state index contributed by atoms with van der Waals surface area (Å²) in [4.78, 5) is 0. The van der Waals surface area contributed by atoms with E-state index in [1.54, 1.807) is 5.57 Å². The minimum absolute atomic E-state index is 0.620. The van der Waals surface area contributed by atoms with Gasteiger partial charge in [0.25, 0.3) is 0 Å². The molecule has 0 heterocycles. The highest BCUT2D eigenvalue weighted by Crippen LogP contribution is 2.50. The molecule has 0 saturated heterocycles. The molecule has 0 nitrogen and oxygen atoms in total. The average molecular weight is 110 g/mol. The summed E-state index contributed by atoms with van der Waals surface area (Å²) in [6, 6.07) is 0. The summed E-state index contributed by atoms with van der Waals surface area (Å²) in [6.07, 6.45) is 5.04. The van der Waals surface area contributed by atoms with Crippen LogP contribution in [0.4, 0.5) is 0 Å². The molecular formula is C8H14. The van der Waals surface area contributed by atoms with Crippen molar-refractivity contribution < 1.29 is 0 Å². The number of hydrogen-bond donors (Lipinski definition) is 0. The van der Waals surface area contributed by atoms with Crippen molar-refractivity contribution in [2.45, 2.75) is 33.6 Å². The van der Waals surface area contributed by atoms with Gasteiger partial charge in [-0.25, -0.2) is 0 Å². The van der Waals surface area contributed by atoms with E-state index in [9.17, 15) is 0 Å². The van der Waals surface area contributed by atoms with Gasteiger partial charge in [-0.2, -0.15) is 0 Å². The Hall–Kier alpha value is -0.260. The molecule has 0 N–H and O–H groups in total. The highest BCUT2D eigenvalue weighted by Gasteiger charge is 2.37. The van der Waals surface area contributed by atoms with E-state index in [1.165, 1.54) is 12.8 Å². The van der Waals surface area contributed by atoms with E-state index in [2.05, 4.69) is 26.8 Å². The van der Waals surface area contributed by atoms with Crippen LogP contribution in [0.15, 0.2) is 11.6 Å². The minimum atomic E-state index is 0.620. The fraction of sp³-hybridized carbons (Fsp3) is 0.750. The lowest BCUT2D eigenvalue weighted by Crippen LogP contribution is -1.92. The van der Waals surface area contributed by atoms with E-state index in [4.69, 9.17) is 0 Å². The first-order valence-electron chi connectivity index (χ1n) is 3.32. The van der Waals surface area contributed by atoms with E-state index in [0.29, 0.717) is 5.41 Å². The summed E-state index contributed by atoms with van der Waals surface area (Å²) in [5, 5.41) is 0. The molecule has 1 saturated carbocycles. The smallest absolute Gasteiger partial charge is 0.0119 e. The highest BCUT2D eigenvalue weighted by atomic mass is 14.4. The molecule has 0 amide bonds. The molecule has 0 atom stereocenters. The lowest BCUT2D eigenvalue weighted by atomic mass is 10.0. The van der Waals surface area contributed by atoms with E-state index in [1.807, 2.05) is 0 Å². The molecular weight excluding hydrogens is 96.1 g/mol. The molecule has 0 aromatic rings. The van der Waals surface area contributed by atoms with Gasteiger partial charge in [-0.1, -0.05) is 18.6 Å². The van der Waals surface area contributed by atoms with Crippen molar-refractivity contribution >= 4 is 0 Å². The van der Waals surface area contributed by atoms with Crippen LogP contribution in [0.3, 0.4) is 0 Å². The zero-order valence-electron chi connectivity index (χ0n) is 5.99. The third kappa shape index (κ3) is 0.795. The van der Waals surface area contributed by atoms with Crippen LogP contribution in [0.25, 0.3) is 0 Å². The minimum Gasteiger partial charge on any atom is -0.0882 e. The Morgan fingerprint density at radius 2 is 2.00 bits per heavy atom. The summed E-state index contributed by atoms with van der Waals surface area (Å²) in [7, 11) is 0. The average Bonchev–Trinajstić information content (AvgIpc) is 2.47. The van der Waals surface area contributed by atoms with Crippen molar-refractivity contribution in [1.82, 2.24) is 0 Å². The van der Waals surface area contributed by atoms with E-state index in [0.717, 1.165) is 0 Å². The van der Waals surface area contributed by atoms with Crippen LogP contribution in [0, 0.1) is 5.41 Å². The molecule has 0 aliphatic heterocycles. The molecule has 1 rings (SSSR count). The molecule has 0 bridgehead atoms. The van der Waals surface area contributed by atoms with Crippen LogP contribution in [0.5, 0.6) is 0 Å². The maximum Gasteiger partial charge on any atom is -0.0119 e. The topological polar surface area (TPSA) is 0 Å². The predicted octanol–water partition coefficient (Wildman–Crippen LogP) is 2.75. The first-order chi connectivity index (χ1) is 3.69. The Bertz CT molecular complexity index is 116. The van der Waals surface area contributed by atoms with Gasteiger partial charge in [0.15, 0.2) is 0 Å². The van der Waals surface area contributed by atoms with Gasteiger partial charge in [-0.3, -0.25) is 0 Å². The van der Waals surface area contributed by atoms with Gasteiger partial charge in [-0.05, 0) is 32.1 Å². The van der Waals surface area contributed by atoms with E-state index < -0.39 is 0 Å². The molecule has 8 heavy (non-hydrogen) atoms. The Kier molecular flexibility index (Phi) is 1.18. The summed E-state index contributed by atoms with van der Waals surface area (Å²) in [5.41, 5.74) is 2.19. The molecule has 0 aromatic carbocycles. The summed E-state index contributed by atoms with van der Waals surface area (Å²) >= 11 is 0. The van der Waals surface area contributed by atoms with Crippen molar-refractivity contribution in [1.29, 1.82) is 0 Å². The Balaban J connectivity index is 2.59. The summed E-state index contributed by atoms with van der Waals surface area (Å²) in [6.45, 7) is 6.69. The number of allylic oxidation sites excluding steroid dienone is 2. The van der Waals surface area contributed by atoms with E-state index in [-0.39, 0.29) is 0 Å². The first-order valence-corrected chi connectivity index (χ1v) is 3.32. The van der Waals surface area contributed by atoms with Gasteiger partial charge in [0.05, 0.1) is 0 Å². The summed E-state index contributed by atoms with van der Waals surface area (Å²) < 4.78 is 0. The lowest BCUT2D eigenvalue weighted by molar-refractivity contribution is 0.687. The Labute approximate surface area is 51.6 Å². The van der Waals surface area contributed by atoms with Crippen molar-refractivity contribution in [3.63, 3.8) is 0 Å². The molecule has 1 fully saturated rings. The van der Waals surface area contributed by atoms with Crippen LogP contribution in [-0.4, -0.2) is 0 Å². The third-order valence-corrected chi connectivity index (χ3v) is 2.39. The van der Waals surface area contributed by atoms with Crippen LogP contribution in [0.1, 0.15) is 33.6 Å². The van der Waals surface area contributed by atoms with Gasteiger partial charge in [-0.15, -0.1) is 0 Å². The fourth-order valence-corrected chi connectivity index (χ4v) is 0.930. The Morgan fingerprint density at radius 1 is 1.50 bits per heavy atom. The van der Waals surface area contributed by atoms with Crippen LogP contribution < -0.4 is 0 Å². The second kappa shape index (κ2) is 1.61. The molecule has 0 heteroatoms. The lowest BCUT2D eigenvalue weighted by Gasteiger charge is -2.05. The van der Waals surface area contributed by atoms with Gasteiger partial charge >= 0.3 is 0 Å². The van der Waals surface area contributed by atoms with Gasteiger partial charge in [0.2, 0.25) is 0 Å². The van der Waals surface area contributed by atoms with Gasteiger partial charge in [0.1, 0.15) is 0 Å². The molecule has 0 unspecified atom stereocenters. The zero-order chi connectivity index (χ0) is 6.20. The molecule has 0 spiro atoms. The normalized spacial score (nSPS) is 25.6. The van der Waals surface area contributed by atoms with Gasteiger partial charge in [0, 0.05) is 0 Å². The first kappa shape index (κ1) is 5.87. The molecule has 46 valence electrons. The monoisotopic (exact) mass is 110 g/mol. The number of hydrogen-bond acceptors (Lipinski definition) is 0. The van der Waals surface area contributed by atoms with Crippen LogP contribution in [-0.2, 0) is 0 Å². The molecule has 1 aliphatic carbocycles. The SMILES string of the molecule is CC=C(C)C1(C)CC1. The van der Waals surface area contributed by atoms with Crippen molar-refractivity contribution in [2.75, 3.05) is 0 Å². The molecule has 0 aromatic heterocycles. The quantitative estimate of drug-likeness (QED) is 0.455. The second-order valence-electron chi connectivity index (χ2n) is 3.03. The fourth-order valence-electron chi connectivity index (χ4n) is 0.930. The largest absolute Gasteiger partial charge is 0.0882 e. The summed E-state index contributed by atoms with van der Waals surface area (Å²) in [5.74, 6) is 0. The maximum absolute atomic E-state index is 2.34. The highest BCUT2D eigenvalue weighted by molar-refractivity contribution is 5.16. The van der Waals surface area contributed by atoms with E-state index >= 15 is 0 Å². The standard InChI is InChI=1S/C8H14/c1-4-7(2)8(3)5-6-8/h4H,5-6H2,1-3H3. The van der Waals surface area contributed by atoms with Crippen LogP contribution >= 0.6 is 0 Å². The number of rotatable bonds is 1. The van der Waals surface area contributed by atoms with Crippen molar-refractivity contribution in [3.8, 4) is 0 Å². The Morgan fingerprint density at radius 3 is 2.12 bits per heavy atom.